The van der Waals surface area contributed by atoms with Gasteiger partial charge in [0, 0.05) is 0 Å². The Bertz CT molecular complexity index is 32.7. The van der Waals surface area contributed by atoms with E-state index in [1.165, 1.54) is 0 Å². The zero-order valence-corrected chi connectivity index (χ0v) is 15.1. The number of hydrogen-bond acceptors (Lipinski definition) is 4. The predicted molar refractivity (Wildman–Crippen MR) is 17.1 cm³/mol. The molecule has 0 spiro atoms. The zero-order valence-electron chi connectivity index (χ0n) is 6.13. The van der Waals surface area contributed by atoms with E-state index in [0.29, 0.717) is 0 Å². The molecule has 0 rings (SSSR count). The Hall–Kier alpha value is 4.86. The van der Waals surface area contributed by atoms with Crippen LogP contribution < -0.4 is 137 Å². The molecule has 0 amide bonds. The first-order valence-electron chi connectivity index (χ1n) is 0.816. The third kappa shape index (κ3) is 76.6. The standard InChI is InChI=1S/4Na.O4Si.Sn.4H/c;;;;1-5(2,3)4;;;;;/q4*+1;-4;;;;;. The summed E-state index contributed by atoms with van der Waals surface area (Å²) >= 11 is 0. The van der Waals surface area contributed by atoms with Gasteiger partial charge in [0.2, 0.25) is 0 Å². The Morgan fingerprint density at radius 2 is 0.600 bits per heavy atom. The molecule has 4 nitrogen and oxygen atoms in total. The van der Waals surface area contributed by atoms with Crippen molar-refractivity contribution < 1.29 is 137 Å². The van der Waals surface area contributed by atoms with Crippen LogP contribution in [-0.4, -0.2) is 33.0 Å². The van der Waals surface area contributed by atoms with Crippen LogP contribution in [0.3, 0.4) is 0 Å². The van der Waals surface area contributed by atoms with Crippen molar-refractivity contribution in [1.82, 2.24) is 0 Å². The van der Waals surface area contributed by atoms with Gasteiger partial charge in [0.05, 0.1) is 0 Å². The van der Waals surface area contributed by atoms with E-state index in [1.54, 1.807) is 0 Å². The van der Waals surface area contributed by atoms with Crippen molar-refractivity contribution in [2.24, 2.45) is 0 Å². The molecule has 0 radical (unpaired) electrons. The number of hydrogen-bond donors (Lipinski definition) is 0. The van der Waals surface area contributed by atoms with Crippen molar-refractivity contribution in [3.05, 3.63) is 0 Å². The monoisotopic (exact) mass is 308 g/mol. The molecule has 10 heavy (non-hydrogen) atoms. The minimum atomic E-state index is -5.61. The van der Waals surface area contributed by atoms with Gasteiger partial charge in [-0.05, 0) is 0 Å². The zero-order chi connectivity index (χ0) is 4.50. The molecule has 40 valence electrons. The molecule has 0 fully saturated rings. The summed E-state index contributed by atoms with van der Waals surface area (Å²) in [5.74, 6) is 0. The van der Waals surface area contributed by atoms with Gasteiger partial charge in [-0.3, -0.25) is 0 Å². The summed E-state index contributed by atoms with van der Waals surface area (Å²) in [6.07, 6.45) is 0. The Kier molecular flexibility index (Phi) is 70.7. The van der Waals surface area contributed by atoms with Gasteiger partial charge in [0.1, 0.15) is 0 Å². The van der Waals surface area contributed by atoms with Crippen molar-refractivity contribution in [2.75, 3.05) is 0 Å². The predicted octanol–water partition coefficient (Wildman–Crippen LogP) is -18.6. The van der Waals surface area contributed by atoms with Gasteiger partial charge in [-0.25, -0.2) is 0 Å². The fourth-order valence-electron chi connectivity index (χ4n) is 0. The molecule has 0 saturated heterocycles. The molecule has 0 aromatic rings. The third-order valence-corrected chi connectivity index (χ3v) is 0. The van der Waals surface area contributed by atoms with E-state index < -0.39 is 9.05 Å². The molecule has 0 aliphatic rings. The second-order valence-corrected chi connectivity index (χ2v) is 1.50. The van der Waals surface area contributed by atoms with E-state index in [4.69, 9.17) is 19.2 Å². The van der Waals surface area contributed by atoms with Crippen LogP contribution >= 0.6 is 0 Å². The second-order valence-electron chi connectivity index (χ2n) is 0.500. The van der Waals surface area contributed by atoms with Crippen LogP contribution in [0.5, 0.6) is 0 Å². The van der Waals surface area contributed by atoms with Crippen LogP contribution in [-0.2, 0) is 0 Å². The summed E-state index contributed by atoms with van der Waals surface area (Å²) in [5, 5.41) is 0. The normalized spacial score (nSPS) is 6.00. The average Bonchev–Trinajstić information content (AvgIpc) is 0.722. The van der Waals surface area contributed by atoms with Crippen LogP contribution in [0, 0.1) is 0 Å². The molecule has 0 bridgehead atoms. The van der Waals surface area contributed by atoms with Crippen molar-refractivity contribution in [1.29, 1.82) is 0 Å². The fourth-order valence-corrected chi connectivity index (χ4v) is 0. The molecule has 10 heteroatoms. The maximum atomic E-state index is 8.58. The fraction of sp³-hybridized carbons (Fsp3) is 0. The molecule has 0 aliphatic heterocycles. The summed E-state index contributed by atoms with van der Waals surface area (Å²) in [5.41, 5.74) is 0. The van der Waals surface area contributed by atoms with Crippen molar-refractivity contribution in [3.63, 3.8) is 0 Å². The van der Waals surface area contributed by atoms with Crippen LogP contribution in [0.1, 0.15) is 0 Å². The van der Waals surface area contributed by atoms with Crippen LogP contribution in [0.4, 0.5) is 0 Å². The van der Waals surface area contributed by atoms with Crippen molar-refractivity contribution in [2.45, 2.75) is 0 Å². The molecule has 0 aromatic heterocycles. The van der Waals surface area contributed by atoms with Crippen molar-refractivity contribution >= 4 is 33.0 Å². The quantitative estimate of drug-likeness (QED) is 0.416. The molecule has 0 aromatic carbocycles. The first-order chi connectivity index (χ1) is 2.00. The molecule has 0 aliphatic carbocycles. The summed E-state index contributed by atoms with van der Waals surface area (Å²) < 4.78 is 0. The van der Waals surface area contributed by atoms with E-state index in [9.17, 15) is 0 Å². The number of rotatable bonds is 0. The van der Waals surface area contributed by atoms with Gasteiger partial charge in [0.25, 0.3) is 0 Å². The topological polar surface area (TPSA) is 92.2 Å². The molecule has 0 unspecified atom stereocenters. The molecule has 0 atom stereocenters. The van der Waals surface area contributed by atoms with Crippen LogP contribution in [0.25, 0.3) is 0 Å². The van der Waals surface area contributed by atoms with Gasteiger partial charge < -0.3 is 28.2 Å². The second kappa shape index (κ2) is 19.4. The Morgan fingerprint density at radius 1 is 0.600 bits per heavy atom. The van der Waals surface area contributed by atoms with E-state index >= 15 is 0 Å². The molecule has 0 N–H and O–H groups in total. The van der Waals surface area contributed by atoms with E-state index in [2.05, 4.69) is 0 Å². The van der Waals surface area contributed by atoms with E-state index in [1.807, 2.05) is 0 Å². The van der Waals surface area contributed by atoms with Gasteiger partial charge in [-0.2, -0.15) is 0 Å². The van der Waals surface area contributed by atoms with Gasteiger partial charge >= 0.3 is 142 Å². The van der Waals surface area contributed by atoms with Gasteiger partial charge in [-0.1, -0.05) is 0 Å². The third-order valence-electron chi connectivity index (χ3n) is 0. The Labute approximate surface area is 166 Å². The summed E-state index contributed by atoms with van der Waals surface area (Å²) in [4.78, 5) is 34.3. The minimum absolute atomic E-state index is 0. The molecule has 0 heterocycles. The van der Waals surface area contributed by atoms with Gasteiger partial charge in [0.15, 0.2) is 0 Å². The summed E-state index contributed by atoms with van der Waals surface area (Å²) in [6.45, 7) is 0. The Balaban J connectivity index is -0.00000000800. The van der Waals surface area contributed by atoms with Crippen molar-refractivity contribution in [3.8, 4) is 0 Å². The van der Waals surface area contributed by atoms with E-state index in [0.717, 1.165) is 0 Å². The first kappa shape index (κ1) is 36.4. The molecular weight excluding hydrogens is 303 g/mol. The molecule has 0 saturated carbocycles. The first-order valence-corrected chi connectivity index (χ1v) is 2.45. The van der Waals surface area contributed by atoms with E-state index in [-0.39, 0.29) is 142 Å². The SMILES string of the molecule is [Na+].[Na+].[Na+].[Na+].[O-][Si]([O-])([O-])[O-].[SnH4]. The molecular formula is H4Na4O4SiSn. The summed E-state index contributed by atoms with van der Waals surface area (Å²) in [7, 11) is -5.61. The van der Waals surface area contributed by atoms with Crippen LogP contribution in [0.15, 0.2) is 0 Å². The maximum absolute atomic E-state index is 8.58. The summed E-state index contributed by atoms with van der Waals surface area (Å²) in [6, 6.07) is 0. The van der Waals surface area contributed by atoms with Gasteiger partial charge in [-0.15, -0.1) is 0 Å². The average molecular weight is 307 g/mol. The van der Waals surface area contributed by atoms with Crippen LogP contribution in [0.2, 0.25) is 0 Å². The Morgan fingerprint density at radius 3 is 0.600 bits per heavy atom.